The first-order valence-corrected chi connectivity index (χ1v) is 4.30. The summed E-state index contributed by atoms with van der Waals surface area (Å²) in [4.78, 5) is 0. The molecule has 0 aromatic rings. The zero-order valence-corrected chi connectivity index (χ0v) is 7.95. The minimum absolute atomic E-state index is 0.121. The molecule has 80 valence electrons. The molecule has 0 aromatic carbocycles. The zero-order valence-electron chi connectivity index (χ0n) is 7.95. The standard InChI is InChI=1S/C8H16F3NO/c1-3-7(4-2,5-12)13-6-8(9,10)11/h3-6,12H2,1-2H3. The molecule has 0 aliphatic rings. The molecule has 0 saturated carbocycles. The first-order chi connectivity index (χ1) is 5.89. The van der Waals surface area contributed by atoms with E-state index in [1.165, 1.54) is 0 Å². The van der Waals surface area contributed by atoms with Crippen LogP contribution in [0.3, 0.4) is 0 Å². The van der Waals surface area contributed by atoms with Crippen molar-refractivity contribution in [2.75, 3.05) is 13.2 Å². The molecule has 2 N–H and O–H groups in total. The van der Waals surface area contributed by atoms with Gasteiger partial charge < -0.3 is 10.5 Å². The minimum Gasteiger partial charge on any atom is -0.364 e. The summed E-state index contributed by atoms with van der Waals surface area (Å²) in [6.07, 6.45) is -3.28. The maximum absolute atomic E-state index is 11.8. The Balaban J connectivity index is 4.11. The van der Waals surface area contributed by atoms with Gasteiger partial charge in [0.2, 0.25) is 0 Å². The Bertz CT molecular complexity index is 135. The predicted octanol–water partition coefficient (Wildman–Crippen LogP) is 2.08. The van der Waals surface area contributed by atoms with Crippen LogP contribution in [0.1, 0.15) is 26.7 Å². The number of hydrogen-bond acceptors (Lipinski definition) is 2. The van der Waals surface area contributed by atoms with E-state index < -0.39 is 18.4 Å². The highest BCUT2D eigenvalue weighted by Crippen LogP contribution is 2.23. The molecule has 0 amide bonds. The van der Waals surface area contributed by atoms with Crippen LogP contribution in [0.2, 0.25) is 0 Å². The van der Waals surface area contributed by atoms with Crippen molar-refractivity contribution in [3.8, 4) is 0 Å². The lowest BCUT2D eigenvalue weighted by atomic mass is 9.97. The molecule has 0 radical (unpaired) electrons. The van der Waals surface area contributed by atoms with Gasteiger partial charge in [-0.3, -0.25) is 0 Å². The fraction of sp³-hybridized carbons (Fsp3) is 1.00. The molecular formula is C8H16F3NO. The maximum Gasteiger partial charge on any atom is 0.411 e. The van der Waals surface area contributed by atoms with E-state index in [1.54, 1.807) is 13.8 Å². The van der Waals surface area contributed by atoms with Crippen molar-refractivity contribution in [1.82, 2.24) is 0 Å². The minimum atomic E-state index is -4.27. The van der Waals surface area contributed by atoms with Crippen molar-refractivity contribution >= 4 is 0 Å². The molecule has 0 spiro atoms. The van der Waals surface area contributed by atoms with Gasteiger partial charge in [-0.15, -0.1) is 0 Å². The Labute approximate surface area is 76.2 Å². The maximum atomic E-state index is 11.8. The van der Waals surface area contributed by atoms with Gasteiger partial charge in [-0.2, -0.15) is 13.2 Å². The second kappa shape index (κ2) is 4.81. The Kier molecular flexibility index (Phi) is 4.70. The van der Waals surface area contributed by atoms with Gasteiger partial charge in [-0.25, -0.2) is 0 Å². The first-order valence-electron chi connectivity index (χ1n) is 4.30. The molecule has 0 aliphatic carbocycles. The van der Waals surface area contributed by atoms with Gasteiger partial charge >= 0.3 is 6.18 Å². The van der Waals surface area contributed by atoms with Crippen LogP contribution in [0, 0.1) is 0 Å². The number of ether oxygens (including phenoxy) is 1. The number of hydrogen-bond donors (Lipinski definition) is 1. The monoisotopic (exact) mass is 199 g/mol. The third kappa shape index (κ3) is 4.47. The first kappa shape index (κ1) is 12.7. The summed E-state index contributed by atoms with van der Waals surface area (Å²) in [5.74, 6) is 0. The van der Waals surface area contributed by atoms with Crippen molar-refractivity contribution in [3.05, 3.63) is 0 Å². The smallest absolute Gasteiger partial charge is 0.364 e. The topological polar surface area (TPSA) is 35.2 Å². The average Bonchev–Trinajstić information content (AvgIpc) is 2.06. The molecule has 0 fully saturated rings. The van der Waals surface area contributed by atoms with Gasteiger partial charge in [0.25, 0.3) is 0 Å². The molecule has 0 rings (SSSR count). The van der Waals surface area contributed by atoms with Gasteiger partial charge in [-0.05, 0) is 12.8 Å². The van der Waals surface area contributed by atoms with Crippen LogP contribution in [-0.2, 0) is 4.74 Å². The second-order valence-electron chi connectivity index (χ2n) is 3.00. The summed E-state index contributed by atoms with van der Waals surface area (Å²) in [6.45, 7) is 2.45. The molecule has 0 saturated heterocycles. The van der Waals surface area contributed by atoms with E-state index in [2.05, 4.69) is 0 Å². The Morgan fingerprint density at radius 2 is 1.62 bits per heavy atom. The van der Waals surface area contributed by atoms with E-state index in [-0.39, 0.29) is 6.54 Å². The highest BCUT2D eigenvalue weighted by Gasteiger charge is 2.34. The molecule has 0 bridgehead atoms. The normalized spacial score (nSPS) is 13.4. The lowest BCUT2D eigenvalue weighted by molar-refractivity contribution is -0.205. The lowest BCUT2D eigenvalue weighted by Gasteiger charge is -2.30. The van der Waals surface area contributed by atoms with E-state index in [0.717, 1.165) is 0 Å². The average molecular weight is 199 g/mol. The lowest BCUT2D eigenvalue weighted by Crippen LogP contribution is -2.42. The molecule has 0 unspecified atom stereocenters. The van der Waals surface area contributed by atoms with Crippen LogP contribution in [0.25, 0.3) is 0 Å². The van der Waals surface area contributed by atoms with Crippen LogP contribution in [0.15, 0.2) is 0 Å². The number of rotatable bonds is 5. The third-order valence-corrected chi connectivity index (χ3v) is 2.20. The molecule has 0 aliphatic heterocycles. The van der Waals surface area contributed by atoms with E-state index in [1.807, 2.05) is 0 Å². The van der Waals surface area contributed by atoms with Crippen LogP contribution in [0.4, 0.5) is 13.2 Å². The highest BCUT2D eigenvalue weighted by atomic mass is 19.4. The summed E-state index contributed by atoms with van der Waals surface area (Å²) in [7, 11) is 0. The van der Waals surface area contributed by atoms with E-state index in [9.17, 15) is 13.2 Å². The summed E-state index contributed by atoms with van der Waals surface area (Å²) in [6, 6.07) is 0. The molecule has 0 atom stereocenters. The van der Waals surface area contributed by atoms with Crippen LogP contribution < -0.4 is 5.73 Å². The predicted molar refractivity (Wildman–Crippen MR) is 44.4 cm³/mol. The Morgan fingerprint density at radius 3 is 1.85 bits per heavy atom. The molecule has 5 heteroatoms. The van der Waals surface area contributed by atoms with Gasteiger partial charge in [-0.1, -0.05) is 13.8 Å². The summed E-state index contributed by atoms with van der Waals surface area (Å²) >= 11 is 0. The zero-order chi connectivity index (χ0) is 10.5. The SMILES string of the molecule is CCC(CC)(CN)OCC(F)(F)F. The van der Waals surface area contributed by atoms with Crippen molar-refractivity contribution in [3.63, 3.8) is 0 Å². The van der Waals surface area contributed by atoms with E-state index in [0.29, 0.717) is 12.8 Å². The van der Waals surface area contributed by atoms with Crippen LogP contribution in [-0.4, -0.2) is 24.9 Å². The van der Waals surface area contributed by atoms with Crippen LogP contribution in [0.5, 0.6) is 0 Å². The number of halogens is 3. The van der Waals surface area contributed by atoms with Gasteiger partial charge in [0.15, 0.2) is 0 Å². The summed E-state index contributed by atoms with van der Waals surface area (Å²) in [5, 5.41) is 0. The second-order valence-corrected chi connectivity index (χ2v) is 3.00. The van der Waals surface area contributed by atoms with Crippen molar-refractivity contribution < 1.29 is 17.9 Å². The fourth-order valence-electron chi connectivity index (χ4n) is 1.04. The molecule has 0 aromatic heterocycles. The van der Waals surface area contributed by atoms with Crippen molar-refractivity contribution in [2.45, 2.75) is 38.5 Å². The number of alkyl halides is 3. The summed E-state index contributed by atoms with van der Waals surface area (Å²) in [5.41, 5.74) is 4.56. The number of nitrogens with two attached hydrogens (primary N) is 1. The third-order valence-electron chi connectivity index (χ3n) is 2.20. The molecule has 0 heterocycles. The Morgan fingerprint density at radius 1 is 1.15 bits per heavy atom. The van der Waals surface area contributed by atoms with E-state index in [4.69, 9.17) is 10.5 Å². The molecular weight excluding hydrogens is 183 g/mol. The van der Waals surface area contributed by atoms with E-state index >= 15 is 0 Å². The van der Waals surface area contributed by atoms with Crippen molar-refractivity contribution in [2.24, 2.45) is 5.73 Å². The fourth-order valence-corrected chi connectivity index (χ4v) is 1.04. The molecule has 2 nitrogen and oxygen atoms in total. The largest absolute Gasteiger partial charge is 0.411 e. The van der Waals surface area contributed by atoms with Gasteiger partial charge in [0.05, 0.1) is 5.60 Å². The van der Waals surface area contributed by atoms with Crippen molar-refractivity contribution in [1.29, 1.82) is 0 Å². The highest BCUT2D eigenvalue weighted by molar-refractivity contribution is 4.79. The molecule has 13 heavy (non-hydrogen) atoms. The van der Waals surface area contributed by atoms with Gasteiger partial charge in [0.1, 0.15) is 6.61 Å². The van der Waals surface area contributed by atoms with Gasteiger partial charge in [0, 0.05) is 6.54 Å². The quantitative estimate of drug-likeness (QED) is 0.735. The van der Waals surface area contributed by atoms with Crippen LogP contribution >= 0.6 is 0 Å². The summed E-state index contributed by atoms with van der Waals surface area (Å²) < 4.78 is 40.3. The Hall–Kier alpha value is -0.290.